The minimum atomic E-state index is 0.499. The summed E-state index contributed by atoms with van der Waals surface area (Å²) in [6.45, 7) is 3.86. The Kier molecular flexibility index (Phi) is 4.41. The van der Waals surface area contributed by atoms with Gasteiger partial charge in [-0.1, -0.05) is 0 Å². The third-order valence-corrected chi connectivity index (χ3v) is 2.77. The number of aldehydes is 1. The number of carbonyl (C=O) groups is 1. The van der Waals surface area contributed by atoms with Crippen LogP contribution in [0.25, 0.3) is 10.9 Å². The van der Waals surface area contributed by atoms with Gasteiger partial charge in [-0.15, -0.1) is 0 Å². The van der Waals surface area contributed by atoms with Crippen LogP contribution in [0, 0.1) is 0 Å². The van der Waals surface area contributed by atoms with Gasteiger partial charge in [-0.2, -0.15) is 0 Å². The number of H-pyrrole nitrogens is 1. The molecule has 0 aliphatic rings. The van der Waals surface area contributed by atoms with Crippen molar-refractivity contribution < 1.29 is 14.3 Å². The predicted octanol–water partition coefficient (Wildman–Crippen LogP) is 2.44. The number of aromatic nitrogens is 1. The van der Waals surface area contributed by atoms with Crippen molar-refractivity contribution in [1.82, 2.24) is 4.98 Å². The van der Waals surface area contributed by atoms with Crippen LogP contribution in [0.4, 0.5) is 5.69 Å². The Bertz CT molecular complexity index is 563. The SMILES string of the molecule is CCNc1cc(OCCOC)cc2cc(C=O)[nH]c12. The molecule has 0 aliphatic heterocycles. The van der Waals surface area contributed by atoms with Crippen molar-refractivity contribution in [2.75, 3.05) is 32.2 Å². The first-order valence-electron chi connectivity index (χ1n) is 6.26. The maximum absolute atomic E-state index is 10.8. The van der Waals surface area contributed by atoms with Gasteiger partial charge in [0.25, 0.3) is 0 Å². The molecule has 0 saturated carbocycles. The lowest BCUT2D eigenvalue weighted by molar-refractivity contribution is 0.112. The van der Waals surface area contributed by atoms with E-state index in [1.807, 2.05) is 25.1 Å². The highest BCUT2D eigenvalue weighted by atomic mass is 16.5. The summed E-state index contributed by atoms with van der Waals surface area (Å²) in [5.41, 5.74) is 2.41. The molecule has 1 aromatic heterocycles. The summed E-state index contributed by atoms with van der Waals surface area (Å²) >= 11 is 0. The number of carbonyl (C=O) groups excluding carboxylic acids is 1. The van der Waals surface area contributed by atoms with Gasteiger partial charge in [0.2, 0.25) is 0 Å². The number of benzene rings is 1. The minimum Gasteiger partial charge on any atom is -0.491 e. The quantitative estimate of drug-likeness (QED) is 0.594. The van der Waals surface area contributed by atoms with E-state index in [4.69, 9.17) is 9.47 Å². The summed E-state index contributed by atoms with van der Waals surface area (Å²) in [4.78, 5) is 13.9. The van der Waals surface area contributed by atoms with E-state index >= 15 is 0 Å². The maximum Gasteiger partial charge on any atom is 0.166 e. The summed E-state index contributed by atoms with van der Waals surface area (Å²) in [7, 11) is 1.64. The van der Waals surface area contributed by atoms with Crippen LogP contribution in [0.5, 0.6) is 5.75 Å². The van der Waals surface area contributed by atoms with E-state index in [0.717, 1.165) is 35.2 Å². The van der Waals surface area contributed by atoms with Gasteiger partial charge >= 0.3 is 0 Å². The second kappa shape index (κ2) is 6.24. The fourth-order valence-corrected chi connectivity index (χ4v) is 1.96. The van der Waals surface area contributed by atoms with Gasteiger partial charge in [-0.25, -0.2) is 0 Å². The molecule has 0 saturated heterocycles. The molecule has 5 nitrogen and oxygen atoms in total. The topological polar surface area (TPSA) is 63.4 Å². The Hall–Kier alpha value is -2.01. The first-order chi connectivity index (χ1) is 9.28. The molecule has 19 heavy (non-hydrogen) atoms. The fourth-order valence-electron chi connectivity index (χ4n) is 1.96. The molecule has 102 valence electrons. The lowest BCUT2D eigenvalue weighted by Crippen LogP contribution is -2.05. The van der Waals surface area contributed by atoms with E-state index < -0.39 is 0 Å². The molecule has 2 aromatic rings. The van der Waals surface area contributed by atoms with Gasteiger partial charge in [0.1, 0.15) is 12.4 Å². The normalized spacial score (nSPS) is 10.6. The maximum atomic E-state index is 10.8. The molecule has 0 spiro atoms. The summed E-state index contributed by atoms with van der Waals surface area (Å²) < 4.78 is 10.6. The van der Waals surface area contributed by atoms with Crippen molar-refractivity contribution >= 4 is 22.9 Å². The molecule has 0 amide bonds. The van der Waals surface area contributed by atoms with Crippen LogP contribution in [-0.2, 0) is 4.74 Å². The Balaban J connectivity index is 2.35. The lowest BCUT2D eigenvalue weighted by atomic mass is 10.2. The zero-order valence-corrected chi connectivity index (χ0v) is 11.2. The van der Waals surface area contributed by atoms with E-state index in [1.165, 1.54) is 0 Å². The molecule has 2 N–H and O–H groups in total. The first kappa shape index (κ1) is 13.4. The van der Waals surface area contributed by atoms with E-state index in [-0.39, 0.29) is 0 Å². The lowest BCUT2D eigenvalue weighted by Gasteiger charge is -2.10. The summed E-state index contributed by atoms with van der Waals surface area (Å²) in [6.07, 6.45) is 0.807. The average molecular weight is 262 g/mol. The molecule has 0 fully saturated rings. The van der Waals surface area contributed by atoms with Crippen molar-refractivity contribution in [3.8, 4) is 5.75 Å². The molecule has 5 heteroatoms. The highest BCUT2D eigenvalue weighted by Crippen LogP contribution is 2.29. The molecule has 1 heterocycles. The third kappa shape index (κ3) is 3.06. The summed E-state index contributed by atoms with van der Waals surface area (Å²) in [5.74, 6) is 0.761. The van der Waals surface area contributed by atoms with Crippen LogP contribution in [0.1, 0.15) is 17.4 Å². The predicted molar refractivity (Wildman–Crippen MR) is 75.2 cm³/mol. The number of hydrogen-bond acceptors (Lipinski definition) is 4. The van der Waals surface area contributed by atoms with E-state index in [0.29, 0.717) is 18.9 Å². The number of ether oxygens (including phenoxy) is 2. The van der Waals surface area contributed by atoms with Crippen LogP contribution in [0.3, 0.4) is 0 Å². The van der Waals surface area contributed by atoms with E-state index in [2.05, 4.69) is 10.3 Å². The number of methoxy groups -OCH3 is 1. The first-order valence-corrected chi connectivity index (χ1v) is 6.26. The highest BCUT2D eigenvalue weighted by molar-refractivity contribution is 5.96. The number of rotatable bonds is 7. The molecular formula is C14H18N2O3. The van der Waals surface area contributed by atoms with Gasteiger partial charge in [-0.05, 0) is 19.1 Å². The number of nitrogens with one attached hydrogen (secondary N) is 2. The number of anilines is 1. The number of fused-ring (bicyclic) bond motifs is 1. The number of aromatic amines is 1. The average Bonchev–Trinajstić information content (AvgIpc) is 2.83. The zero-order chi connectivity index (χ0) is 13.7. The van der Waals surface area contributed by atoms with Crippen molar-refractivity contribution in [3.63, 3.8) is 0 Å². The second-order valence-corrected chi connectivity index (χ2v) is 4.15. The van der Waals surface area contributed by atoms with Crippen LogP contribution < -0.4 is 10.1 Å². The fraction of sp³-hybridized carbons (Fsp3) is 0.357. The van der Waals surface area contributed by atoms with Crippen molar-refractivity contribution in [2.24, 2.45) is 0 Å². The van der Waals surface area contributed by atoms with Crippen LogP contribution in [0.15, 0.2) is 18.2 Å². The van der Waals surface area contributed by atoms with Gasteiger partial charge in [0.05, 0.1) is 23.5 Å². The summed E-state index contributed by atoms with van der Waals surface area (Å²) in [6, 6.07) is 5.65. The molecule has 1 aromatic carbocycles. The minimum absolute atomic E-state index is 0.499. The highest BCUT2D eigenvalue weighted by Gasteiger charge is 2.08. The Morgan fingerprint density at radius 1 is 1.32 bits per heavy atom. The van der Waals surface area contributed by atoms with Gasteiger partial charge in [-0.3, -0.25) is 4.79 Å². The van der Waals surface area contributed by atoms with Gasteiger partial charge in [0.15, 0.2) is 6.29 Å². The molecule has 0 aliphatic carbocycles. The zero-order valence-electron chi connectivity index (χ0n) is 11.2. The standard InChI is InChI=1S/C14H18N2O3/c1-3-15-13-8-12(19-5-4-18-2)7-10-6-11(9-17)16-14(10)13/h6-9,15-16H,3-5H2,1-2H3. The van der Waals surface area contributed by atoms with Crippen LogP contribution in [0.2, 0.25) is 0 Å². The Morgan fingerprint density at radius 2 is 2.16 bits per heavy atom. The molecule has 0 atom stereocenters. The van der Waals surface area contributed by atoms with Crippen LogP contribution in [-0.4, -0.2) is 38.1 Å². The van der Waals surface area contributed by atoms with Crippen molar-refractivity contribution in [3.05, 3.63) is 23.9 Å². The molecule has 0 radical (unpaired) electrons. The summed E-state index contributed by atoms with van der Waals surface area (Å²) in [5, 5.41) is 4.21. The van der Waals surface area contributed by atoms with E-state index in [9.17, 15) is 4.79 Å². The molecular weight excluding hydrogens is 244 g/mol. The smallest absolute Gasteiger partial charge is 0.166 e. The Labute approximate surface area is 111 Å². The molecule has 2 rings (SSSR count). The third-order valence-electron chi connectivity index (χ3n) is 2.77. The van der Waals surface area contributed by atoms with Crippen molar-refractivity contribution in [2.45, 2.75) is 6.92 Å². The Morgan fingerprint density at radius 3 is 2.84 bits per heavy atom. The van der Waals surface area contributed by atoms with Gasteiger partial charge in [0, 0.05) is 25.1 Å². The monoisotopic (exact) mass is 262 g/mol. The van der Waals surface area contributed by atoms with Crippen LogP contribution >= 0.6 is 0 Å². The largest absolute Gasteiger partial charge is 0.491 e. The van der Waals surface area contributed by atoms with E-state index in [1.54, 1.807) is 7.11 Å². The second-order valence-electron chi connectivity index (χ2n) is 4.15. The van der Waals surface area contributed by atoms with Crippen molar-refractivity contribution in [1.29, 1.82) is 0 Å². The van der Waals surface area contributed by atoms with Gasteiger partial charge < -0.3 is 19.8 Å². The molecule has 0 bridgehead atoms. The number of hydrogen-bond donors (Lipinski definition) is 2. The molecule has 0 unspecified atom stereocenters.